The van der Waals surface area contributed by atoms with Crippen LogP contribution in [0.2, 0.25) is 0 Å². The first-order valence-electron chi connectivity index (χ1n) is 7.57. The fourth-order valence-electron chi connectivity index (χ4n) is 2.17. The van der Waals surface area contributed by atoms with Crippen LogP contribution in [-0.4, -0.2) is 35.0 Å². The van der Waals surface area contributed by atoms with Crippen LogP contribution in [0.3, 0.4) is 0 Å². The van der Waals surface area contributed by atoms with Crippen molar-refractivity contribution in [1.29, 1.82) is 0 Å². The summed E-state index contributed by atoms with van der Waals surface area (Å²) in [6.45, 7) is 3.85. The molecule has 1 aromatic heterocycles. The number of pyridine rings is 1. The Kier molecular flexibility index (Phi) is 8.09. The highest BCUT2D eigenvalue weighted by atomic mass is 16.4. The first-order chi connectivity index (χ1) is 10.1. The highest BCUT2D eigenvalue weighted by Crippen LogP contribution is 2.03. The zero-order valence-electron chi connectivity index (χ0n) is 12.7. The molecular formula is C16H25N2O3+. The Morgan fingerprint density at radius 2 is 1.76 bits per heavy atom. The molecule has 0 aliphatic rings. The third-order valence-electron chi connectivity index (χ3n) is 3.28. The largest absolute Gasteiger partial charge is 0.481 e. The molecule has 1 aromatic rings. The molecule has 0 saturated carbocycles. The van der Waals surface area contributed by atoms with Gasteiger partial charge in [-0.25, -0.2) is 4.57 Å². The quantitative estimate of drug-likeness (QED) is 0.529. The fraction of sp³-hybridized carbons (Fsp3) is 0.562. The van der Waals surface area contributed by atoms with E-state index in [1.807, 2.05) is 37.5 Å². The van der Waals surface area contributed by atoms with Crippen molar-refractivity contribution in [2.75, 3.05) is 13.1 Å². The maximum atomic E-state index is 12.1. The molecule has 0 saturated heterocycles. The van der Waals surface area contributed by atoms with E-state index in [0.29, 0.717) is 19.5 Å². The summed E-state index contributed by atoms with van der Waals surface area (Å²) in [6, 6.07) is 5.95. The van der Waals surface area contributed by atoms with Crippen LogP contribution in [0.15, 0.2) is 30.6 Å². The molecule has 0 radical (unpaired) electrons. The lowest BCUT2D eigenvalue weighted by Crippen LogP contribution is -2.34. The molecule has 5 nitrogen and oxygen atoms in total. The van der Waals surface area contributed by atoms with Gasteiger partial charge in [0.05, 0.1) is 6.42 Å². The standard InChI is InChI=1S/C16H24N2O3/c1-2-10-18(14-9-16(20)21)15(19)8-4-7-13-17-11-5-3-6-12-17/h3,5-6,11-12H,2,4,7-10,13-14H2,1H3/p+1. The van der Waals surface area contributed by atoms with E-state index < -0.39 is 5.97 Å². The van der Waals surface area contributed by atoms with Gasteiger partial charge < -0.3 is 10.0 Å². The number of hydrogen-bond acceptors (Lipinski definition) is 2. The molecule has 0 unspecified atom stereocenters. The van der Waals surface area contributed by atoms with Gasteiger partial charge in [0.2, 0.25) is 5.91 Å². The summed E-state index contributed by atoms with van der Waals surface area (Å²) in [5.41, 5.74) is 0. The number of aliphatic carboxylic acids is 1. The van der Waals surface area contributed by atoms with Gasteiger partial charge in [-0.05, 0) is 12.8 Å². The van der Waals surface area contributed by atoms with E-state index in [2.05, 4.69) is 4.57 Å². The monoisotopic (exact) mass is 293 g/mol. The first kappa shape index (κ1) is 17.1. The smallest absolute Gasteiger partial charge is 0.305 e. The first-order valence-corrected chi connectivity index (χ1v) is 7.57. The highest BCUT2D eigenvalue weighted by molar-refractivity contribution is 5.77. The molecule has 0 aromatic carbocycles. The van der Waals surface area contributed by atoms with Gasteiger partial charge in [0, 0.05) is 38.1 Å². The van der Waals surface area contributed by atoms with Crippen molar-refractivity contribution in [3.63, 3.8) is 0 Å². The number of carboxylic acid groups (broad SMARTS) is 1. The molecule has 0 fully saturated rings. The molecule has 1 rings (SSSR count). The van der Waals surface area contributed by atoms with Crippen molar-refractivity contribution in [1.82, 2.24) is 4.90 Å². The molecule has 0 atom stereocenters. The average molecular weight is 293 g/mol. The number of aromatic nitrogens is 1. The van der Waals surface area contributed by atoms with Gasteiger partial charge in [0.1, 0.15) is 6.54 Å². The number of carbonyl (C=O) groups excluding carboxylic acids is 1. The summed E-state index contributed by atoms with van der Waals surface area (Å²) in [7, 11) is 0. The SMILES string of the molecule is CCCN(CCC(=O)O)C(=O)CCCC[n+]1ccccc1. The minimum atomic E-state index is -0.857. The third-order valence-corrected chi connectivity index (χ3v) is 3.28. The van der Waals surface area contributed by atoms with E-state index in [1.165, 1.54) is 0 Å². The molecule has 0 aliphatic heterocycles. The van der Waals surface area contributed by atoms with Gasteiger partial charge >= 0.3 is 5.97 Å². The third kappa shape index (κ3) is 7.44. The highest BCUT2D eigenvalue weighted by Gasteiger charge is 2.13. The van der Waals surface area contributed by atoms with E-state index in [0.717, 1.165) is 25.8 Å². The number of carboxylic acids is 1. The van der Waals surface area contributed by atoms with Crippen molar-refractivity contribution in [3.8, 4) is 0 Å². The number of nitrogens with zero attached hydrogens (tertiary/aromatic N) is 2. The van der Waals surface area contributed by atoms with E-state index in [1.54, 1.807) is 4.90 Å². The molecule has 0 aliphatic carbocycles. The fourth-order valence-corrected chi connectivity index (χ4v) is 2.17. The van der Waals surface area contributed by atoms with E-state index in [9.17, 15) is 9.59 Å². The summed E-state index contributed by atoms with van der Waals surface area (Å²) in [5.74, 6) is -0.791. The number of unbranched alkanes of at least 4 members (excludes halogenated alkanes) is 1. The zero-order valence-corrected chi connectivity index (χ0v) is 12.7. The molecule has 1 heterocycles. The molecule has 0 bridgehead atoms. The summed E-state index contributed by atoms with van der Waals surface area (Å²) >= 11 is 0. The molecule has 116 valence electrons. The van der Waals surface area contributed by atoms with Gasteiger partial charge in [-0.15, -0.1) is 0 Å². The maximum Gasteiger partial charge on any atom is 0.305 e. The van der Waals surface area contributed by atoms with Crippen LogP contribution in [-0.2, 0) is 16.1 Å². The summed E-state index contributed by atoms with van der Waals surface area (Å²) < 4.78 is 2.10. The number of carbonyl (C=O) groups is 2. The lowest BCUT2D eigenvalue weighted by molar-refractivity contribution is -0.697. The van der Waals surface area contributed by atoms with Crippen LogP contribution < -0.4 is 4.57 Å². The summed E-state index contributed by atoms with van der Waals surface area (Å²) in [5, 5.41) is 8.71. The van der Waals surface area contributed by atoms with E-state index in [-0.39, 0.29) is 12.3 Å². The molecule has 1 N–H and O–H groups in total. The Balaban J connectivity index is 2.27. The Hall–Kier alpha value is -1.91. The number of hydrogen-bond donors (Lipinski definition) is 1. The van der Waals surface area contributed by atoms with Crippen LogP contribution in [0.5, 0.6) is 0 Å². The minimum Gasteiger partial charge on any atom is -0.481 e. The number of aryl methyl sites for hydroxylation is 1. The van der Waals surface area contributed by atoms with Gasteiger partial charge in [0.15, 0.2) is 12.4 Å². The van der Waals surface area contributed by atoms with Crippen molar-refractivity contribution < 1.29 is 19.3 Å². The number of amides is 1. The van der Waals surface area contributed by atoms with Crippen LogP contribution in [0, 0.1) is 0 Å². The van der Waals surface area contributed by atoms with Gasteiger partial charge in [-0.3, -0.25) is 9.59 Å². The predicted octanol–water partition coefficient (Wildman–Crippen LogP) is 1.86. The minimum absolute atomic E-state index is 0.0195. The topological polar surface area (TPSA) is 61.5 Å². The van der Waals surface area contributed by atoms with Crippen molar-refractivity contribution in [2.45, 2.75) is 45.6 Å². The van der Waals surface area contributed by atoms with Gasteiger partial charge in [-0.1, -0.05) is 13.0 Å². The predicted molar refractivity (Wildman–Crippen MR) is 79.6 cm³/mol. The Bertz CT molecular complexity index is 434. The van der Waals surface area contributed by atoms with Crippen molar-refractivity contribution >= 4 is 11.9 Å². The second-order valence-electron chi connectivity index (χ2n) is 5.09. The molecular weight excluding hydrogens is 268 g/mol. The van der Waals surface area contributed by atoms with Crippen LogP contribution >= 0.6 is 0 Å². The molecule has 1 amide bonds. The molecule has 5 heteroatoms. The van der Waals surface area contributed by atoms with E-state index in [4.69, 9.17) is 5.11 Å². The van der Waals surface area contributed by atoms with Crippen molar-refractivity contribution in [2.24, 2.45) is 0 Å². The second-order valence-corrected chi connectivity index (χ2v) is 5.09. The maximum absolute atomic E-state index is 12.1. The van der Waals surface area contributed by atoms with E-state index >= 15 is 0 Å². The van der Waals surface area contributed by atoms with Crippen molar-refractivity contribution in [3.05, 3.63) is 30.6 Å². The Morgan fingerprint density at radius 3 is 2.38 bits per heavy atom. The summed E-state index contributed by atoms with van der Waals surface area (Å²) in [4.78, 5) is 24.4. The Morgan fingerprint density at radius 1 is 1.05 bits per heavy atom. The zero-order chi connectivity index (χ0) is 15.5. The lowest BCUT2D eigenvalue weighted by atomic mass is 10.2. The van der Waals surface area contributed by atoms with Gasteiger partial charge in [-0.2, -0.15) is 0 Å². The lowest BCUT2D eigenvalue weighted by Gasteiger charge is -2.21. The number of rotatable bonds is 10. The summed E-state index contributed by atoms with van der Waals surface area (Å²) in [6.07, 6.45) is 7.16. The van der Waals surface area contributed by atoms with Crippen LogP contribution in [0.25, 0.3) is 0 Å². The second kappa shape index (κ2) is 9.91. The molecule has 0 spiro atoms. The normalized spacial score (nSPS) is 10.3. The van der Waals surface area contributed by atoms with Crippen LogP contribution in [0.4, 0.5) is 0 Å². The average Bonchev–Trinajstić information content (AvgIpc) is 2.48. The van der Waals surface area contributed by atoms with Gasteiger partial charge in [0.25, 0.3) is 0 Å². The Labute approximate surface area is 126 Å². The van der Waals surface area contributed by atoms with Crippen LogP contribution in [0.1, 0.15) is 39.0 Å². The molecule has 21 heavy (non-hydrogen) atoms.